The van der Waals surface area contributed by atoms with E-state index in [0.717, 1.165) is 4.31 Å². The van der Waals surface area contributed by atoms with Gasteiger partial charge in [0.1, 0.15) is 6.04 Å². The minimum absolute atomic E-state index is 0.0350. The summed E-state index contributed by atoms with van der Waals surface area (Å²) in [7, 11) is -3.71. The zero-order chi connectivity index (χ0) is 14.8. The molecule has 20 heavy (non-hydrogen) atoms. The van der Waals surface area contributed by atoms with Gasteiger partial charge >= 0.3 is 5.97 Å². The van der Waals surface area contributed by atoms with Gasteiger partial charge in [0.15, 0.2) is 0 Å². The fourth-order valence-electron chi connectivity index (χ4n) is 2.35. The fraction of sp³-hybridized carbons (Fsp3) is 0.462. The van der Waals surface area contributed by atoms with Crippen molar-refractivity contribution in [3.05, 3.63) is 35.9 Å². The van der Waals surface area contributed by atoms with Gasteiger partial charge in [-0.15, -0.1) is 0 Å². The maximum atomic E-state index is 12.4. The number of sulfonamides is 1. The number of aliphatic hydroxyl groups is 1. The first-order valence-electron chi connectivity index (χ1n) is 6.34. The van der Waals surface area contributed by atoms with E-state index in [1.165, 1.54) is 0 Å². The van der Waals surface area contributed by atoms with Crippen LogP contribution in [0.25, 0.3) is 0 Å². The van der Waals surface area contributed by atoms with Crippen molar-refractivity contribution in [1.29, 1.82) is 0 Å². The van der Waals surface area contributed by atoms with Crippen LogP contribution in [-0.4, -0.2) is 47.6 Å². The first kappa shape index (κ1) is 15.0. The average Bonchev–Trinajstić information content (AvgIpc) is 2.38. The van der Waals surface area contributed by atoms with Crippen LogP contribution < -0.4 is 0 Å². The summed E-state index contributed by atoms with van der Waals surface area (Å²) >= 11 is 0. The lowest BCUT2D eigenvalue weighted by molar-refractivity contribution is -0.143. The van der Waals surface area contributed by atoms with Crippen LogP contribution in [0.1, 0.15) is 18.4 Å². The maximum absolute atomic E-state index is 12.4. The van der Waals surface area contributed by atoms with Crippen LogP contribution in [0.3, 0.4) is 0 Å². The van der Waals surface area contributed by atoms with Crippen LogP contribution in [-0.2, 0) is 20.6 Å². The third-order valence-electron chi connectivity index (χ3n) is 3.36. The van der Waals surface area contributed by atoms with E-state index in [-0.39, 0.29) is 25.1 Å². The second-order valence-electron chi connectivity index (χ2n) is 4.88. The zero-order valence-electron chi connectivity index (χ0n) is 10.8. The van der Waals surface area contributed by atoms with Gasteiger partial charge in [-0.05, 0) is 12.0 Å². The number of aliphatic carboxylic acids is 1. The molecule has 0 bridgehead atoms. The minimum atomic E-state index is -3.71. The van der Waals surface area contributed by atoms with Crippen molar-refractivity contribution in [2.75, 3.05) is 6.54 Å². The number of hydrogen-bond acceptors (Lipinski definition) is 4. The molecule has 0 spiro atoms. The van der Waals surface area contributed by atoms with Gasteiger partial charge in [0.25, 0.3) is 0 Å². The van der Waals surface area contributed by atoms with E-state index in [4.69, 9.17) is 5.11 Å². The molecule has 2 rings (SSSR count). The standard InChI is InChI=1S/C13H17NO5S/c15-11-6-7-14(12(8-11)13(16)17)20(18,19)9-10-4-2-1-3-5-10/h1-5,11-12,15H,6-9H2,(H,16,17)/t11-,12+/m0/s1. The molecular formula is C13H17NO5S. The topological polar surface area (TPSA) is 94.9 Å². The van der Waals surface area contributed by atoms with Crippen LogP contribution in [0.15, 0.2) is 30.3 Å². The van der Waals surface area contributed by atoms with E-state index in [1.54, 1.807) is 30.3 Å². The molecule has 1 aromatic rings. The first-order valence-corrected chi connectivity index (χ1v) is 7.95. The SMILES string of the molecule is O=C(O)[C@H]1C[C@@H](O)CCN1S(=O)(=O)Cc1ccccc1. The van der Waals surface area contributed by atoms with Crippen LogP contribution in [0, 0.1) is 0 Å². The molecule has 6 nitrogen and oxygen atoms in total. The molecule has 1 aliphatic heterocycles. The maximum Gasteiger partial charge on any atom is 0.322 e. The van der Waals surface area contributed by atoms with Gasteiger partial charge < -0.3 is 10.2 Å². The molecule has 7 heteroatoms. The fourth-order valence-corrected chi connectivity index (χ4v) is 4.08. The third-order valence-corrected chi connectivity index (χ3v) is 5.21. The molecule has 1 aromatic carbocycles. The molecule has 0 aromatic heterocycles. The predicted octanol–water partition coefficient (Wildman–Crippen LogP) is 0.426. The van der Waals surface area contributed by atoms with E-state index < -0.39 is 28.1 Å². The van der Waals surface area contributed by atoms with Crippen molar-refractivity contribution >= 4 is 16.0 Å². The highest BCUT2D eigenvalue weighted by Gasteiger charge is 2.39. The molecular weight excluding hydrogens is 282 g/mol. The molecule has 2 N–H and O–H groups in total. The second kappa shape index (κ2) is 5.90. The van der Waals surface area contributed by atoms with Gasteiger partial charge in [-0.3, -0.25) is 4.79 Å². The molecule has 0 radical (unpaired) electrons. The number of aliphatic hydroxyl groups excluding tert-OH is 1. The van der Waals surface area contributed by atoms with E-state index in [9.17, 15) is 18.3 Å². The number of carboxylic acid groups (broad SMARTS) is 1. The molecule has 1 heterocycles. The summed E-state index contributed by atoms with van der Waals surface area (Å²) in [6, 6.07) is 7.44. The van der Waals surface area contributed by atoms with E-state index in [0.29, 0.717) is 5.56 Å². The molecule has 0 unspecified atom stereocenters. The molecule has 0 aliphatic carbocycles. The highest BCUT2D eigenvalue weighted by Crippen LogP contribution is 2.23. The van der Waals surface area contributed by atoms with Gasteiger partial charge in [-0.1, -0.05) is 30.3 Å². The average molecular weight is 299 g/mol. The quantitative estimate of drug-likeness (QED) is 0.840. The Bertz CT molecular complexity index is 572. The Morgan fingerprint density at radius 1 is 1.30 bits per heavy atom. The molecule has 0 amide bonds. The zero-order valence-corrected chi connectivity index (χ0v) is 11.7. The van der Waals surface area contributed by atoms with Crippen molar-refractivity contribution in [3.63, 3.8) is 0 Å². The number of hydrogen-bond donors (Lipinski definition) is 2. The van der Waals surface area contributed by atoms with E-state index >= 15 is 0 Å². The number of carboxylic acids is 1. The number of rotatable bonds is 4. The summed E-state index contributed by atoms with van der Waals surface area (Å²) in [6.45, 7) is 0.0350. The van der Waals surface area contributed by atoms with Crippen LogP contribution in [0.4, 0.5) is 0 Å². The molecule has 0 saturated carbocycles. The Morgan fingerprint density at radius 2 is 1.95 bits per heavy atom. The Morgan fingerprint density at radius 3 is 2.55 bits per heavy atom. The predicted molar refractivity (Wildman–Crippen MR) is 72.4 cm³/mol. The van der Waals surface area contributed by atoms with Crippen LogP contribution in [0.2, 0.25) is 0 Å². The van der Waals surface area contributed by atoms with Crippen molar-refractivity contribution < 1.29 is 23.4 Å². The summed E-state index contributed by atoms with van der Waals surface area (Å²) in [6.07, 6.45) is -0.569. The van der Waals surface area contributed by atoms with Crippen molar-refractivity contribution in [2.45, 2.75) is 30.7 Å². The van der Waals surface area contributed by atoms with Crippen molar-refractivity contribution in [3.8, 4) is 0 Å². The summed E-state index contributed by atoms with van der Waals surface area (Å²) in [5.74, 6) is -1.45. The Balaban J connectivity index is 2.21. The largest absolute Gasteiger partial charge is 0.480 e. The lowest BCUT2D eigenvalue weighted by atomic mass is 10.0. The Kier molecular flexibility index (Phi) is 4.42. The Hall–Kier alpha value is -1.44. The van der Waals surface area contributed by atoms with Gasteiger partial charge in [0.2, 0.25) is 10.0 Å². The third kappa shape index (κ3) is 3.36. The van der Waals surface area contributed by atoms with E-state index in [1.807, 2.05) is 0 Å². The summed E-state index contributed by atoms with van der Waals surface area (Å²) < 4.78 is 25.7. The highest BCUT2D eigenvalue weighted by atomic mass is 32.2. The number of nitrogens with zero attached hydrogens (tertiary/aromatic N) is 1. The molecule has 1 saturated heterocycles. The Labute approximate surface area is 117 Å². The second-order valence-corrected chi connectivity index (χ2v) is 6.81. The van der Waals surface area contributed by atoms with Crippen molar-refractivity contribution in [2.24, 2.45) is 0 Å². The van der Waals surface area contributed by atoms with Crippen molar-refractivity contribution in [1.82, 2.24) is 4.31 Å². The molecule has 1 aliphatic rings. The first-order chi connectivity index (χ1) is 9.40. The normalized spacial score (nSPS) is 24.4. The van der Waals surface area contributed by atoms with Gasteiger partial charge in [-0.2, -0.15) is 4.31 Å². The highest BCUT2D eigenvalue weighted by molar-refractivity contribution is 7.88. The van der Waals surface area contributed by atoms with Crippen LogP contribution >= 0.6 is 0 Å². The van der Waals surface area contributed by atoms with Gasteiger partial charge in [0.05, 0.1) is 11.9 Å². The summed E-state index contributed by atoms with van der Waals surface area (Å²) in [4.78, 5) is 11.2. The van der Waals surface area contributed by atoms with Crippen LogP contribution in [0.5, 0.6) is 0 Å². The number of piperidine rings is 1. The lowest BCUT2D eigenvalue weighted by Crippen LogP contribution is -2.51. The van der Waals surface area contributed by atoms with E-state index in [2.05, 4.69) is 0 Å². The molecule has 1 fully saturated rings. The minimum Gasteiger partial charge on any atom is -0.480 e. The summed E-state index contributed by atoms with van der Waals surface area (Å²) in [5.41, 5.74) is 0.614. The summed E-state index contributed by atoms with van der Waals surface area (Å²) in [5, 5.41) is 18.7. The monoisotopic (exact) mass is 299 g/mol. The number of carbonyl (C=O) groups is 1. The number of benzene rings is 1. The van der Waals surface area contributed by atoms with Gasteiger partial charge in [0, 0.05) is 13.0 Å². The van der Waals surface area contributed by atoms with Gasteiger partial charge in [-0.25, -0.2) is 8.42 Å². The molecule has 2 atom stereocenters. The smallest absolute Gasteiger partial charge is 0.322 e. The molecule has 110 valence electrons. The lowest BCUT2D eigenvalue weighted by Gasteiger charge is -2.34.